The zero-order valence-electron chi connectivity index (χ0n) is 8.92. The lowest BCUT2D eigenvalue weighted by atomic mass is 10.1. The summed E-state index contributed by atoms with van der Waals surface area (Å²) in [5, 5.41) is 2.69. The van der Waals surface area contributed by atoms with Crippen LogP contribution < -0.4 is 11.1 Å². The van der Waals surface area contributed by atoms with E-state index in [-0.39, 0.29) is 5.91 Å². The molecule has 0 saturated heterocycles. The number of benzene rings is 1. The molecule has 3 nitrogen and oxygen atoms in total. The van der Waals surface area contributed by atoms with E-state index in [0.717, 1.165) is 5.56 Å². The first-order chi connectivity index (χ1) is 7.16. The molecule has 0 fully saturated rings. The highest BCUT2D eigenvalue weighted by molar-refractivity contribution is 6.00. The SMILES string of the molecule is CC#CCNC(=O)c1c(C)cccc1N. The van der Waals surface area contributed by atoms with Crippen LogP contribution in [0.15, 0.2) is 18.2 Å². The topological polar surface area (TPSA) is 55.1 Å². The molecule has 0 aliphatic rings. The predicted octanol–water partition coefficient (Wildman–Crippen LogP) is 1.33. The summed E-state index contributed by atoms with van der Waals surface area (Å²) in [6.07, 6.45) is 0. The number of amides is 1. The van der Waals surface area contributed by atoms with Crippen LogP contribution in [0.25, 0.3) is 0 Å². The molecule has 0 bridgehead atoms. The predicted molar refractivity (Wildman–Crippen MR) is 61.4 cm³/mol. The number of hydrogen-bond donors (Lipinski definition) is 2. The molecule has 3 N–H and O–H groups in total. The number of nitrogens with one attached hydrogen (secondary N) is 1. The summed E-state index contributed by atoms with van der Waals surface area (Å²) in [7, 11) is 0. The van der Waals surface area contributed by atoms with E-state index >= 15 is 0 Å². The van der Waals surface area contributed by atoms with Gasteiger partial charge in [-0.25, -0.2) is 0 Å². The third kappa shape index (κ3) is 2.75. The zero-order valence-corrected chi connectivity index (χ0v) is 8.92. The van der Waals surface area contributed by atoms with Crippen molar-refractivity contribution in [3.05, 3.63) is 29.3 Å². The monoisotopic (exact) mass is 202 g/mol. The van der Waals surface area contributed by atoms with Crippen molar-refractivity contribution in [3.8, 4) is 11.8 Å². The molecule has 3 heteroatoms. The normalized spacial score (nSPS) is 8.93. The molecule has 0 aromatic heterocycles. The Bertz CT molecular complexity index is 407. The Kier molecular flexibility index (Phi) is 3.75. The summed E-state index contributed by atoms with van der Waals surface area (Å²) < 4.78 is 0. The van der Waals surface area contributed by atoms with Crippen LogP contribution in [0.3, 0.4) is 0 Å². The molecule has 0 spiro atoms. The molecule has 0 aliphatic heterocycles. The maximum absolute atomic E-state index is 11.7. The molecule has 0 radical (unpaired) electrons. The van der Waals surface area contributed by atoms with Crippen LogP contribution in [0.4, 0.5) is 5.69 Å². The molecule has 0 atom stereocenters. The lowest BCUT2D eigenvalue weighted by Gasteiger charge is -2.07. The van der Waals surface area contributed by atoms with Gasteiger partial charge in [-0.2, -0.15) is 0 Å². The van der Waals surface area contributed by atoms with Gasteiger partial charge in [0.1, 0.15) is 0 Å². The van der Waals surface area contributed by atoms with Gasteiger partial charge in [-0.1, -0.05) is 18.1 Å². The smallest absolute Gasteiger partial charge is 0.254 e. The number of anilines is 1. The number of carbonyl (C=O) groups is 1. The van der Waals surface area contributed by atoms with Crippen molar-refractivity contribution in [3.63, 3.8) is 0 Å². The number of hydrogen-bond acceptors (Lipinski definition) is 2. The minimum atomic E-state index is -0.173. The van der Waals surface area contributed by atoms with E-state index in [1.54, 1.807) is 13.0 Å². The van der Waals surface area contributed by atoms with E-state index in [4.69, 9.17) is 5.73 Å². The van der Waals surface area contributed by atoms with Crippen molar-refractivity contribution in [2.75, 3.05) is 12.3 Å². The Labute approximate surface area is 89.7 Å². The van der Waals surface area contributed by atoms with E-state index in [1.165, 1.54) is 0 Å². The van der Waals surface area contributed by atoms with Crippen molar-refractivity contribution in [2.45, 2.75) is 13.8 Å². The van der Waals surface area contributed by atoms with E-state index < -0.39 is 0 Å². The minimum Gasteiger partial charge on any atom is -0.398 e. The second kappa shape index (κ2) is 5.06. The zero-order chi connectivity index (χ0) is 11.3. The van der Waals surface area contributed by atoms with Crippen molar-refractivity contribution in [1.82, 2.24) is 5.32 Å². The van der Waals surface area contributed by atoms with E-state index in [1.807, 2.05) is 19.1 Å². The lowest BCUT2D eigenvalue weighted by molar-refractivity contribution is 0.0959. The summed E-state index contributed by atoms with van der Waals surface area (Å²) in [5.74, 6) is 5.30. The highest BCUT2D eigenvalue weighted by atomic mass is 16.1. The molecule has 1 aromatic rings. The Morgan fingerprint density at radius 2 is 2.27 bits per heavy atom. The molecular weight excluding hydrogens is 188 g/mol. The fourth-order valence-corrected chi connectivity index (χ4v) is 1.30. The Hall–Kier alpha value is -1.95. The molecule has 78 valence electrons. The standard InChI is InChI=1S/C12H14N2O/c1-3-4-8-14-12(15)11-9(2)6-5-7-10(11)13/h5-7H,8,13H2,1-2H3,(H,14,15). The maximum Gasteiger partial charge on any atom is 0.254 e. The van der Waals surface area contributed by atoms with E-state index in [9.17, 15) is 4.79 Å². The second-order valence-electron chi connectivity index (χ2n) is 3.15. The van der Waals surface area contributed by atoms with Crippen molar-refractivity contribution in [1.29, 1.82) is 0 Å². The van der Waals surface area contributed by atoms with Gasteiger partial charge >= 0.3 is 0 Å². The van der Waals surface area contributed by atoms with Crippen molar-refractivity contribution >= 4 is 11.6 Å². The summed E-state index contributed by atoms with van der Waals surface area (Å²) in [6, 6.07) is 5.40. The van der Waals surface area contributed by atoms with Crippen LogP contribution in [0.2, 0.25) is 0 Å². The van der Waals surface area contributed by atoms with Crippen LogP contribution in [0.5, 0.6) is 0 Å². The molecule has 15 heavy (non-hydrogen) atoms. The Morgan fingerprint density at radius 1 is 1.53 bits per heavy atom. The van der Waals surface area contributed by atoms with Crippen LogP contribution in [0.1, 0.15) is 22.8 Å². The molecule has 0 aliphatic carbocycles. The average molecular weight is 202 g/mol. The van der Waals surface area contributed by atoms with Gasteiger partial charge in [0, 0.05) is 5.69 Å². The molecule has 0 saturated carbocycles. The number of rotatable bonds is 2. The van der Waals surface area contributed by atoms with Crippen LogP contribution in [-0.4, -0.2) is 12.5 Å². The highest BCUT2D eigenvalue weighted by Crippen LogP contribution is 2.15. The molecule has 1 aromatic carbocycles. The average Bonchev–Trinajstić information content (AvgIpc) is 2.18. The first-order valence-electron chi connectivity index (χ1n) is 4.69. The quantitative estimate of drug-likeness (QED) is 0.561. The van der Waals surface area contributed by atoms with Gasteiger partial charge in [-0.15, -0.1) is 5.92 Å². The van der Waals surface area contributed by atoms with Gasteiger partial charge in [-0.3, -0.25) is 4.79 Å². The van der Waals surface area contributed by atoms with Crippen molar-refractivity contribution < 1.29 is 4.79 Å². The third-order valence-electron chi connectivity index (χ3n) is 2.05. The van der Waals surface area contributed by atoms with Crippen LogP contribution >= 0.6 is 0 Å². The van der Waals surface area contributed by atoms with Gasteiger partial charge in [0.2, 0.25) is 0 Å². The molecular formula is C12H14N2O. The maximum atomic E-state index is 11.7. The largest absolute Gasteiger partial charge is 0.398 e. The molecule has 0 unspecified atom stereocenters. The molecule has 1 rings (SSSR count). The second-order valence-corrected chi connectivity index (χ2v) is 3.15. The van der Waals surface area contributed by atoms with Crippen LogP contribution in [0, 0.1) is 18.8 Å². The lowest BCUT2D eigenvalue weighted by Crippen LogP contribution is -2.25. The van der Waals surface area contributed by atoms with Gasteiger partial charge in [0.25, 0.3) is 5.91 Å². The summed E-state index contributed by atoms with van der Waals surface area (Å²) in [4.78, 5) is 11.7. The third-order valence-corrected chi connectivity index (χ3v) is 2.05. The van der Waals surface area contributed by atoms with Crippen LogP contribution in [-0.2, 0) is 0 Å². The van der Waals surface area contributed by atoms with Crippen molar-refractivity contribution in [2.24, 2.45) is 0 Å². The van der Waals surface area contributed by atoms with Gasteiger partial charge in [0.05, 0.1) is 12.1 Å². The first-order valence-corrected chi connectivity index (χ1v) is 4.69. The number of nitrogens with two attached hydrogens (primary N) is 1. The Morgan fingerprint density at radius 3 is 2.87 bits per heavy atom. The molecule has 1 amide bonds. The minimum absolute atomic E-state index is 0.173. The number of carbonyl (C=O) groups excluding carboxylic acids is 1. The number of aryl methyl sites for hydroxylation is 1. The van der Waals surface area contributed by atoms with Gasteiger partial charge in [-0.05, 0) is 25.5 Å². The molecule has 0 heterocycles. The van der Waals surface area contributed by atoms with E-state index in [0.29, 0.717) is 17.8 Å². The first kappa shape index (κ1) is 11.1. The summed E-state index contributed by atoms with van der Waals surface area (Å²) in [6.45, 7) is 3.94. The Balaban J connectivity index is 2.85. The van der Waals surface area contributed by atoms with Gasteiger partial charge in [0.15, 0.2) is 0 Å². The number of nitrogen functional groups attached to an aromatic ring is 1. The summed E-state index contributed by atoms with van der Waals surface area (Å²) in [5.41, 5.74) is 7.64. The fraction of sp³-hybridized carbons (Fsp3) is 0.250. The fourth-order valence-electron chi connectivity index (χ4n) is 1.30. The van der Waals surface area contributed by atoms with E-state index in [2.05, 4.69) is 17.2 Å². The summed E-state index contributed by atoms with van der Waals surface area (Å²) >= 11 is 0. The van der Waals surface area contributed by atoms with Gasteiger partial charge < -0.3 is 11.1 Å². The highest BCUT2D eigenvalue weighted by Gasteiger charge is 2.10.